The van der Waals surface area contributed by atoms with E-state index in [9.17, 15) is 109 Å². The fourth-order valence-electron chi connectivity index (χ4n) is 4.90. The Kier molecular flexibility index (Phi) is 19.2. The molecule has 0 aromatic rings. The maximum atomic E-state index is 11.9. The molecule has 5 amide bonds. The van der Waals surface area contributed by atoms with E-state index in [4.69, 9.17) is 29.0 Å². The average molecular weight is 1140 g/mol. The standard InChI is InChI=1S/C12H22O35S8.C4H6N4O3/c13-48(14,15)37-1-4-6(43-51(22,23)24)8(45-53(28,29)30)9(46-54(31,32)33)11(40-4)42-12(3-39-50(19,20)21)10(47-55(34,35)36)7(44-52(25,26)27)5(41-12)2-38-49(16,17)18;5-3(10)6-1-2(9)8-4(11)7-1/h4-11H,1-3H2,(H,13,14,15)(H,16,17,18)(H,19,20,21)(H,22,23,24)(H,25,26,27)(H,28,29,30)(H,31,32,33)(H,34,35,36);1H,(H3,5,6,10)(H2,7,8,9,11)/t4-,5+,6+,7-,8+,9-,10-,11-,12-;/m1./s1. The minimum atomic E-state index is -6.24. The summed E-state index contributed by atoms with van der Waals surface area (Å²) in [6, 6.07) is -1.51. The number of urea groups is 2. The van der Waals surface area contributed by atoms with Crippen LogP contribution in [0.25, 0.3) is 0 Å². The Morgan fingerprint density at radius 1 is 0.576 bits per heavy atom. The quantitative estimate of drug-likeness (QED) is 0.0354. The zero-order chi connectivity index (χ0) is 51.4. The molecular formula is C16H28N4O38S8. The number of primary amides is 1. The molecule has 3 saturated heterocycles. The highest BCUT2D eigenvalue weighted by Gasteiger charge is 2.65. The Bertz CT molecular complexity index is 2720. The van der Waals surface area contributed by atoms with Crippen LogP contribution in [0.5, 0.6) is 0 Å². The van der Waals surface area contributed by atoms with E-state index in [1.54, 1.807) is 0 Å². The molecule has 3 rings (SSSR count). The summed E-state index contributed by atoms with van der Waals surface area (Å²) in [5.74, 6) is -4.73. The Balaban J connectivity index is 0.00000118. The van der Waals surface area contributed by atoms with Crippen LogP contribution in [0.4, 0.5) is 9.59 Å². The molecular weight excluding hydrogens is 1110 g/mol. The summed E-state index contributed by atoms with van der Waals surface area (Å²) in [7, 11) is -48.3. The van der Waals surface area contributed by atoms with Crippen molar-refractivity contribution in [3.8, 4) is 0 Å². The molecule has 0 aliphatic carbocycles. The fourth-order valence-corrected chi connectivity index (χ4v) is 8.34. The lowest BCUT2D eigenvalue weighted by Gasteiger charge is -2.45. The van der Waals surface area contributed by atoms with Gasteiger partial charge < -0.3 is 30.6 Å². The third-order valence-corrected chi connectivity index (χ3v) is 10.3. The first kappa shape index (κ1) is 59.2. The van der Waals surface area contributed by atoms with Gasteiger partial charge in [-0.15, -0.1) is 0 Å². The lowest BCUT2D eigenvalue weighted by Crippen LogP contribution is -2.65. The molecule has 3 heterocycles. The summed E-state index contributed by atoms with van der Waals surface area (Å²) in [6.07, 6.45) is -27.1. The minimum absolute atomic E-state index is 0.617. The monoisotopic (exact) mass is 1140 g/mol. The van der Waals surface area contributed by atoms with Gasteiger partial charge >= 0.3 is 95.3 Å². The van der Waals surface area contributed by atoms with Crippen molar-refractivity contribution in [2.45, 2.75) is 61.0 Å². The highest BCUT2D eigenvalue weighted by molar-refractivity contribution is 7.82. The predicted molar refractivity (Wildman–Crippen MR) is 185 cm³/mol. The molecule has 3 aliphatic heterocycles. The first-order valence-corrected chi connectivity index (χ1v) is 26.0. The number of hydrogen-bond donors (Lipinski definition) is 12. The second-order valence-electron chi connectivity index (χ2n) is 11.5. The van der Waals surface area contributed by atoms with Crippen LogP contribution in [0.1, 0.15) is 0 Å². The third kappa shape index (κ3) is 21.6. The lowest BCUT2D eigenvalue weighted by molar-refractivity contribution is -0.374. The normalized spacial score (nSPS) is 29.3. The highest BCUT2D eigenvalue weighted by Crippen LogP contribution is 2.43. The molecule has 42 nitrogen and oxygen atoms in total. The Morgan fingerprint density at radius 3 is 1.38 bits per heavy atom. The molecule has 0 spiro atoms. The lowest BCUT2D eigenvalue weighted by atomic mass is 9.99. The summed E-state index contributed by atoms with van der Waals surface area (Å²) < 4.78 is 307. The molecule has 66 heavy (non-hydrogen) atoms. The van der Waals surface area contributed by atoms with Gasteiger partial charge in [-0.25, -0.2) is 43.1 Å². The number of imide groups is 1. The van der Waals surface area contributed by atoms with E-state index >= 15 is 0 Å². The van der Waals surface area contributed by atoms with Crippen LogP contribution in [-0.2, 0) is 136 Å². The summed E-state index contributed by atoms with van der Waals surface area (Å²) in [5, 5.41) is 6.05. The maximum absolute atomic E-state index is 11.9. The van der Waals surface area contributed by atoms with Crippen molar-refractivity contribution in [3.63, 3.8) is 0 Å². The number of rotatable bonds is 22. The number of nitrogens with one attached hydrogen (secondary N) is 3. The molecule has 1 unspecified atom stereocenters. The van der Waals surface area contributed by atoms with Crippen molar-refractivity contribution in [2.75, 3.05) is 19.8 Å². The number of nitrogens with two attached hydrogens (primary N) is 1. The SMILES string of the molecule is NC(=O)NC1NC(=O)NC1=O.O=S(=O)(O)OC[C@@H]1O[C@](COS(=O)(=O)O)(O[C@H]2O[C@H](COS(=O)(=O)O)[C@H](OS(=O)(=O)O)[C@H](OS(=O)(=O)O)[C@H]2OS(=O)(=O)O)[C@H](OS(=O)(=O)O)[C@@H]1OS(=O)(=O)O. The molecule has 0 bridgehead atoms. The molecule has 13 N–H and O–H groups in total. The van der Waals surface area contributed by atoms with Crippen LogP contribution in [-0.4, -0.2) is 203 Å². The number of carbonyl (C=O) groups is 3. The van der Waals surface area contributed by atoms with Gasteiger partial charge in [0.25, 0.3) is 5.91 Å². The molecule has 0 aromatic heterocycles. The van der Waals surface area contributed by atoms with Gasteiger partial charge in [0.05, 0.1) is 13.2 Å². The Morgan fingerprint density at radius 2 is 0.985 bits per heavy atom. The van der Waals surface area contributed by atoms with Crippen molar-refractivity contribution in [2.24, 2.45) is 5.73 Å². The summed E-state index contributed by atoms with van der Waals surface area (Å²) >= 11 is 0. The predicted octanol–water partition coefficient (Wildman–Crippen LogP) is -8.96. The number of hydrogen-bond acceptors (Lipinski definition) is 30. The fraction of sp³-hybridized carbons (Fsp3) is 0.812. The largest absolute Gasteiger partial charge is 0.397 e. The number of ether oxygens (including phenoxy) is 3. The first-order valence-electron chi connectivity index (χ1n) is 15.1. The smallest absolute Gasteiger partial charge is 0.352 e. The van der Waals surface area contributed by atoms with Gasteiger partial charge in [0.1, 0.15) is 37.1 Å². The highest BCUT2D eigenvalue weighted by atomic mass is 32.3. The molecule has 388 valence electrons. The molecule has 0 radical (unpaired) electrons. The van der Waals surface area contributed by atoms with Crippen LogP contribution in [0, 0.1) is 0 Å². The van der Waals surface area contributed by atoms with E-state index < -0.39 is 182 Å². The van der Waals surface area contributed by atoms with E-state index in [2.05, 4.69) is 38.8 Å². The van der Waals surface area contributed by atoms with Crippen molar-refractivity contribution < 1.29 is 166 Å². The van der Waals surface area contributed by atoms with Gasteiger partial charge in [-0.3, -0.25) is 46.5 Å². The number of carbonyl (C=O) groups excluding carboxylic acids is 3. The summed E-state index contributed by atoms with van der Waals surface area (Å²) in [4.78, 5) is 31.3. The molecule has 3 aliphatic rings. The second-order valence-corrected chi connectivity index (χ2v) is 20.1. The van der Waals surface area contributed by atoms with E-state index in [1.807, 2.05) is 10.6 Å². The topological polar surface area (TPSA) is 650 Å². The summed E-state index contributed by atoms with van der Waals surface area (Å²) in [6.45, 7) is -6.25. The second kappa shape index (κ2) is 21.4. The number of amides is 5. The zero-order valence-corrected chi connectivity index (χ0v) is 37.0. The van der Waals surface area contributed by atoms with Crippen LogP contribution >= 0.6 is 0 Å². The minimum Gasteiger partial charge on any atom is -0.352 e. The third-order valence-electron chi connectivity index (χ3n) is 6.74. The van der Waals surface area contributed by atoms with Gasteiger partial charge in [0.2, 0.25) is 5.79 Å². The van der Waals surface area contributed by atoms with E-state index in [-0.39, 0.29) is 0 Å². The van der Waals surface area contributed by atoms with Crippen LogP contribution in [0.3, 0.4) is 0 Å². The van der Waals surface area contributed by atoms with Gasteiger partial charge in [0.15, 0.2) is 24.7 Å². The Hall–Kier alpha value is -2.95. The summed E-state index contributed by atoms with van der Waals surface area (Å²) in [5.41, 5.74) is 4.70. The van der Waals surface area contributed by atoms with Crippen molar-refractivity contribution >= 4 is 101 Å². The van der Waals surface area contributed by atoms with Crippen LogP contribution < -0.4 is 21.7 Å². The molecule has 10 atom stereocenters. The molecule has 0 saturated carbocycles. The van der Waals surface area contributed by atoms with Crippen molar-refractivity contribution in [1.29, 1.82) is 0 Å². The molecule has 50 heteroatoms. The van der Waals surface area contributed by atoms with Crippen LogP contribution in [0.2, 0.25) is 0 Å². The maximum Gasteiger partial charge on any atom is 0.397 e. The van der Waals surface area contributed by atoms with Gasteiger partial charge in [-0.1, -0.05) is 0 Å². The van der Waals surface area contributed by atoms with Gasteiger partial charge in [0, 0.05) is 0 Å². The van der Waals surface area contributed by atoms with E-state index in [1.165, 1.54) is 0 Å². The first-order chi connectivity index (χ1) is 29.3. The van der Waals surface area contributed by atoms with Crippen molar-refractivity contribution in [3.05, 3.63) is 0 Å². The molecule has 0 aromatic carbocycles. The Labute approximate surface area is 368 Å². The van der Waals surface area contributed by atoms with Crippen molar-refractivity contribution in [1.82, 2.24) is 16.0 Å². The zero-order valence-electron chi connectivity index (χ0n) is 30.5. The molecule has 3 fully saturated rings. The van der Waals surface area contributed by atoms with E-state index in [0.717, 1.165) is 0 Å². The van der Waals surface area contributed by atoms with E-state index in [0.29, 0.717) is 0 Å². The van der Waals surface area contributed by atoms with Gasteiger partial charge in [-0.05, 0) is 0 Å². The van der Waals surface area contributed by atoms with Gasteiger partial charge in [-0.2, -0.15) is 67.3 Å². The average Bonchev–Trinajstić information content (AvgIpc) is 3.50. The van der Waals surface area contributed by atoms with Crippen LogP contribution in [0.15, 0.2) is 0 Å².